The smallest absolute Gasteiger partial charge is 0.320 e. The molecule has 2 heterocycles. The Morgan fingerprint density at radius 1 is 1.21 bits per heavy atom. The second-order valence-electron chi connectivity index (χ2n) is 5.38. The highest BCUT2D eigenvalue weighted by atomic mass is 16.4. The zero-order chi connectivity index (χ0) is 13.8. The highest BCUT2D eigenvalue weighted by Crippen LogP contribution is 2.13. The van der Waals surface area contributed by atoms with E-state index in [0.29, 0.717) is 26.2 Å². The van der Waals surface area contributed by atoms with E-state index in [1.807, 2.05) is 9.80 Å². The number of carbonyl (C=O) groups excluding carboxylic acids is 1. The molecule has 0 aliphatic carbocycles. The van der Waals surface area contributed by atoms with E-state index < -0.39 is 12.0 Å². The molecular weight excluding hydrogens is 246 g/mol. The zero-order valence-electron chi connectivity index (χ0n) is 11.5. The largest absolute Gasteiger partial charge is 0.480 e. The van der Waals surface area contributed by atoms with E-state index in [4.69, 9.17) is 5.11 Å². The predicted octanol–water partition coefficient (Wildman–Crippen LogP) is -0.254. The van der Waals surface area contributed by atoms with Crippen LogP contribution < -0.4 is 5.32 Å². The third-order valence-electron chi connectivity index (χ3n) is 4.14. The Bertz CT molecular complexity index is 334. The number of carboxylic acid groups (broad SMARTS) is 1. The van der Waals surface area contributed by atoms with Crippen LogP contribution >= 0.6 is 0 Å². The minimum absolute atomic E-state index is 0.0304. The number of amides is 1. The lowest BCUT2D eigenvalue weighted by Gasteiger charge is -2.38. The maximum absolute atomic E-state index is 12.3. The third kappa shape index (κ3) is 3.45. The summed E-state index contributed by atoms with van der Waals surface area (Å²) in [7, 11) is 0. The summed E-state index contributed by atoms with van der Waals surface area (Å²) < 4.78 is 0. The van der Waals surface area contributed by atoms with Crippen molar-refractivity contribution in [1.82, 2.24) is 15.1 Å². The number of rotatable bonds is 3. The minimum Gasteiger partial charge on any atom is -0.480 e. The molecule has 2 rings (SSSR count). The molecule has 0 saturated carbocycles. The Hall–Kier alpha value is -1.14. The van der Waals surface area contributed by atoms with Gasteiger partial charge in [-0.15, -0.1) is 0 Å². The first-order chi connectivity index (χ1) is 9.09. The van der Waals surface area contributed by atoms with Gasteiger partial charge in [0.1, 0.15) is 6.04 Å². The van der Waals surface area contributed by atoms with Crippen LogP contribution in [0.2, 0.25) is 0 Å². The average Bonchev–Trinajstić information content (AvgIpc) is 2.46. The molecule has 0 bridgehead atoms. The molecule has 19 heavy (non-hydrogen) atoms. The molecule has 108 valence electrons. The summed E-state index contributed by atoms with van der Waals surface area (Å²) in [5.74, 6) is -0.615. The number of carboxylic acids is 1. The summed E-state index contributed by atoms with van der Waals surface area (Å²) in [6.07, 6.45) is 3.18. The lowest BCUT2D eigenvalue weighted by molar-refractivity contribution is -0.144. The predicted molar refractivity (Wildman–Crippen MR) is 70.9 cm³/mol. The fourth-order valence-corrected chi connectivity index (χ4v) is 2.77. The molecule has 2 fully saturated rings. The monoisotopic (exact) mass is 269 g/mol. The fraction of sp³-hybridized carbons (Fsp3) is 0.846. The molecular formula is C13H23N3O3. The van der Waals surface area contributed by atoms with Gasteiger partial charge in [-0.3, -0.25) is 14.5 Å². The van der Waals surface area contributed by atoms with Gasteiger partial charge in [-0.1, -0.05) is 6.42 Å². The van der Waals surface area contributed by atoms with Crippen LogP contribution in [0.3, 0.4) is 0 Å². The van der Waals surface area contributed by atoms with Crippen molar-refractivity contribution in [2.24, 2.45) is 0 Å². The van der Waals surface area contributed by atoms with E-state index in [1.165, 1.54) is 0 Å². The van der Waals surface area contributed by atoms with Crippen LogP contribution in [0, 0.1) is 0 Å². The molecule has 1 amide bonds. The van der Waals surface area contributed by atoms with Crippen LogP contribution in [-0.4, -0.2) is 71.6 Å². The van der Waals surface area contributed by atoms with Gasteiger partial charge in [0.25, 0.3) is 0 Å². The lowest BCUT2D eigenvalue weighted by Crippen LogP contribution is -2.57. The van der Waals surface area contributed by atoms with E-state index in [1.54, 1.807) is 6.92 Å². The molecule has 6 nitrogen and oxygen atoms in total. The van der Waals surface area contributed by atoms with E-state index in [9.17, 15) is 9.59 Å². The molecule has 0 spiro atoms. The van der Waals surface area contributed by atoms with Gasteiger partial charge in [0, 0.05) is 26.2 Å². The number of piperidine rings is 1. The van der Waals surface area contributed by atoms with Gasteiger partial charge < -0.3 is 15.3 Å². The van der Waals surface area contributed by atoms with Gasteiger partial charge in [-0.25, -0.2) is 0 Å². The van der Waals surface area contributed by atoms with Crippen molar-refractivity contribution in [3.63, 3.8) is 0 Å². The van der Waals surface area contributed by atoms with E-state index in [2.05, 4.69) is 5.32 Å². The van der Waals surface area contributed by atoms with Gasteiger partial charge in [-0.05, 0) is 26.3 Å². The maximum Gasteiger partial charge on any atom is 0.320 e. The number of piperazine rings is 1. The highest BCUT2D eigenvalue weighted by Gasteiger charge is 2.30. The van der Waals surface area contributed by atoms with Crippen molar-refractivity contribution in [3.05, 3.63) is 0 Å². The van der Waals surface area contributed by atoms with E-state index >= 15 is 0 Å². The Labute approximate surface area is 113 Å². The first-order valence-corrected chi connectivity index (χ1v) is 7.08. The molecule has 2 aliphatic rings. The molecule has 2 saturated heterocycles. The van der Waals surface area contributed by atoms with Crippen LogP contribution in [0.4, 0.5) is 0 Å². The van der Waals surface area contributed by atoms with Crippen LogP contribution in [0.25, 0.3) is 0 Å². The van der Waals surface area contributed by atoms with Gasteiger partial charge in [0.15, 0.2) is 0 Å². The molecule has 1 unspecified atom stereocenters. The molecule has 0 aromatic heterocycles. The Balaban J connectivity index is 1.82. The third-order valence-corrected chi connectivity index (χ3v) is 4.14. The van der Waals surface area contributed by atoms with Crippen LogP contribution in [0.1, 0.15) is 26.2 Å². The van der Waals surface area contributed by atoms with Gasteiger partial charge in [0.2, 0.25) is 5.91 Å². The van der Waals surface area contributed by atoms with Gasteiger partial charge >= 0.3 is 5.97 Å². The van der Waals surface area contributed by atoms with Crippen LogP contribution in [-0.2, 0) is 9.59 Å². The zero-order valence-corrected chi connectivity index (χ0v) is 11.5. The summed E-state index contributed by atoms with van der Waals surface area (Å²) in [5.41, 5.74) is 0. The van der Waals surface area contributed by atoms with Gasteiger partial charge in [0.05, 0.1) is 6.04 Å². The van der Waals surface area contributed by atoms with Crippen LogP contribution in [0.5, 0.6) is 0 Å². The first kappa shape index (κ1) is 14.3. The lowest BCUT2D eigenvalue weighted by atomic mass is 10.0. The summed E-state index contributed by atoms with van der Waals surface area (Å²) in [5, 5.41) is 12.3. The second-order valence-corrected chi connectivity index (χ2v) is 5.38. The number of aliphatic carboxylic acids is 1. The average molecular weight is 269 g/mol. The number of carbonyl (C=O) groups is 2. The number of hydrogen-bond donors (Lipinski definition) is 2. The normalized spacial score (nSPS) is 27.0. The SMILES string of the molecule is CC(C(=O)O)N1CCN(C(=O)[C@@H]2CCCCN2)CC1. The standard InChI is InChI=1S/C13H23N3O3/c1-10(13(18)19)15-6-8-16(9-7-15)12(17)11-4-2-3-5-14-11/h10-11,14H,2-9H2,1H3,(H,18,19)/t10?,11-/m0/s1. The molecule has 2 atom stereocenters. The maximum atomic E-state index is 12.3. The summed E-state index contributed by atoms with van der Waals surface area (Å²) in [4.78, 5) is 27.0. The van der Waals surface area contributed by atoms with E-state index in [0.717, 1.165) is 25.8 Å². The molecule has 2 aliphatic heterocycles. The van der Waals surface area contributed by atoms with Crippen molar-refractivity contribution in [2.75, 3.05) is 32.7 Å². The van der Waals surface area contributed by atoms with Crippen molar-refractivity contribution in [1.29, 1.82) is 0 Å². The molecule has 0 radical (unpaired) electrons. The molecule has 2 N–H and O–H groups in total. The van der Waals surface area contributed by atoms with Crippen molar-refractivity contribution >= 4 is 11.9 Å². The second kappa shape index (κ2) is 6.34. The highest BCUT2D eigenvalue weighted by molar-refractivity contribution is 5.82. The number of nitrogens with one attached hydrogen (secondary N) is 1. The fourth-order valence-electron chi connectivity index (χ4n) is 2.77. The number of nitrogens with zero attached hydrogens (tertiary/aromatic N) is 2. The van der Waals surface area contributed by atoms with Crippen molar-refractivity contribution < 1.29 is 14.7 Å². The molecule has 6 heteroatoms. The topological polar surface area (TPSA) is 72.9 Å². The van der Waals surface area contributed by atoms with Crippen molar-refractivity contribution in [2.45, 2.75) is 38.3 Å². The molecule has 0 aromatic carbocycles. The minimum atomic E-state index is -0.797. The van der Waals surface area contributed by atoms with E-state index in [-0.39, 0.29) is 11.9 Å². The molecule has 0 aromatic rings. The summed E-state index contributed by atoms with van der Waals surface area (Å²) in [6.45, 7) is 5.18. The Kier molecular flexibility index (Phi) is 4.76. The number of hydrogen-bond acceptors (Lipinski definition) is 4. The quantitative estimate of drug-likeness (QED) is 0.739. The van der Waals surface area contributed by atoms with Crippen molar-refractivity contribution in [3.8, 4) is 0 Å². The Morgan fingerprint density at radius 3 is 2.42 bits per heavy atom. The summed E-state index contributed by atoms with van der Waals surface area (Å²) >= 11 is 0. The first-order valence-electron chi connectivity index (χ1n) is 7.08. The Morgan fingerprint density at radius 2 is 1.89 bits per heavy atom. The summed E-state index contributed by atoms with van der Waals surface area (Å²) in [6, 6.07) is -0.498. The van der Waals surface area contributed by atoms with Crippen LogP contribution in [0.15, 0.2) is 0 Å². The van der Waals surface area contributed by atoms with Gasteiger partial charge in [-0.2, -0.15) is 0 Å².